The van der Waals surface area contributed by atoms with E-state index in [2.05, 4.69) is 18.2 Å². The summed E-state index contributed by atoms with van der Waals surface area (Å²) >= 11 is 1.28. The lowest BCUT2D eigenvalue weighted by Crippen LogP contribution is -2.64. The number of ether oxygens (including phenoxy) is 1. The number of carbonyl (C=O) groups excluding carboxylic acids is 1. The molecule has 5 nitrogen and oxygen atoms in total. The Balaban J connectivity index is 1.53. The van der Waals surface area contributed by atoms with Gasteiger partial charge in [0.2, 0.25) is 0 Å². The van der Waals surface area contributed by atoms with Crippen LogP contribution in [-0.4, -0.2) is 27.6 Å². The van der Waals surface area contributed by atoms with Crippen LogP contribution in [0.1, 0.15) is 23.6 Å². The van der Waals surface area contributed by atoms with Gasteiger partial charge in [-0.2, -0.15) is 5.10 Å². The summed E-state index contributed by atoms with van der Waals surface area (Å²) in [6.45, 7) is 0. The second kappa shape index (κ2) is 6.64. The molecule has 3 heterocycles. The van der Waals surface area contributed by atoms with Crippen LogP contribution in [0, 0.1) is 0 Å². The SMILES string of the molecule is O=C1SCC2(Oc3ccccc3C3CC(c4ccccc4)=NN32)N1c1ccccc1. The van der Waals surface area contributed by atoms with Crippen molar-refractivity contribution in [3.63, 3.8) is 0 Å². The van der Waals surface area contributed by atoms with Gasteiger partial charge in [-0.15, -0.1) is 0 Å². The van der Waals surface area contributed by atoms with Gasteiger partial charge < -0.3 is 4.74 Å². The molecule has 148 valence electrons. The third-order valence-electron chi connectivity index (χ3n) is 5.86. The summed E-state index contributed by atoms with van der Waals surface area (Å²) in [5, 5.41) is 7.03. The molecular formula is C24H19N3O2S. The highest BCUT2D eigenvalue weighted by molar-refractivity contribution is 8.14. The number of benzene rings is 3. The highest BCUT2D eigenvalue weighted by Crippen LogP contribution is 2.52. The van der Waals surface area contributed by atoms with Gasteiger partial charge in [-0.1, -0.05) is 78.5 Å². The summed E-state index contributed by atoms with van der Waals surface area (Å²) in [5.74, 6) is 0.315. The molecule has 1 saturated heterocycles. The van der Waals surface area contributed by atoms with Crippen LogP contribution >= 0.6 is 11.8 Å². The minimum Gasteiger partial charge on any atom is -0.447 e. The number of anilines is 1. The second-order valence-corrected chi connectivity index (χ2v) is 8.51. The summed E-state index contributed by atoms with van der Waals surface area (Å²) in [6.07, 6.45) is 0.771. The van der Waals surface area contributed by atoms with E-state index in [1.54, 1.807) is 4.90 Å². The summed E-state index contributed by atoms with van der Waals surface area (Å²) < 4.78 is 6.62. The Kier molecular flexibility index (Phi) is 3.89. The predicted octanol–water partition coefficient (Wildman–Crippen LogP) is 5.26. The number of rotatable bonds is 2. The number of hydrogen-bond acceptors (Lipinski definition) is 5. The van der Waals surface area contributed by atoms with E-state index in [9.17, 15) is 4.79 Å². The maximum absolute atomic E-state index is 13.0. The molecule has 0 N–H and O–H groups in total. The van der Waals surface area contributed by atoms with Gasteiger partial charge in [-0.25, -0.2) is 9.91 Å². The lowest BCUT2D eigenvalue weighted by molar-refractivity contribution is -0.0927. The zero-order valence-corrected chi connectivity index (χ0v) is 17.0. The molecule has 30 heavy (non-hydrogen) atoms. The van der Waals surface area contributed by atoms with E-state index in [-0.39, 0.29) is 11.3 Å². The summed E-state index contributed by atoms with van der Waals surface area (Å²) in [5.41, 5.74) is 4.03. The Bertz CT molecular complexity index is 1150. The molecular weight excluding hydrogens is 394 g/mol. The first-order chi connectivity index (χ1) is 14.8. The first-order valence-corrected chi connectivity index (χ1v) is 11.0. The van der Waals surface area contributed by atoms with Crippen LogP contribution in [0.2, 0.25) is 0 Å². The molecule has 3 aliphatic rings. The van der Waals surface area contributed by atoms with Crippen molar-refractivity contribution in [2.75, 3.05) is 10.7 Å². The average molecular weight is 414 g/mol. The van der Waals surface area contributed by atoms with Crippen molar-refractivity contribution >= 4 is 28.4 Å². The van der Waals surface area contributed by atoms with Crippen molar-refractivity contribution in [2.24, 2.45) is 5.10 Å². The van der Waals surface area contributed by atoms with Gasteiger partial charge in [-0.05, 0) is 23.8 Å². The lowest BCUT2D eigenvalue weighted by Gasteiger charge is -2.48. The van der Waals surface area contributed by atoms with Gasteiger partial charge in [-0.3, -0.25) is 4.79 Å². The molecule has 2 atom stereocenters. The van der Waals surface area contributed by atoms with Gasteiger partial charge in [0.05, 0.1) is 23.2 Å². The Morgan fingerprint density at radius 2 is 1.63 bits per heavy atom. The smallest absolute Gasteiger partial charge is 0.296 e. The zero-order chi connectivity index (χ0) is 20.1. The van der Waals surface area contributed by atoms with Crippen LogP contribution in [0.4, 0.5) is 10.5 Å². The number of carbonyl (C=O) groups is 1. The topological polar surface area (TPSA) is 45.1 Å². The quantitative estimate of drug-likeness (QED) is 0.575. The maximum atomic E-state index is 13.0. The molecule has 3 aliphatic heterocycles. The Morgan fingerprint density at radius 3 is 2.43 bits per heavy atom. The van der Waals surface area contributed by atoms with Crippen LogP contribution in [-0.2, 0) is 0 Å². The van der Waals surface area contributed by atoms with Crippen LogP contribution < -0.4 is 9.64 Å². The summed E-state index contributed by atoms with van der Waals surface area (Å²) in [7, 11) is 0. The fourth-order valence-corrected chi connectivity index (χ4v) is 5.52. The molecule has 0 radical (unpaired) electrons. The first-order valence-electron chi connectivity index (χ1n) is 9.98. The van der Waals surface area contributed by atoms with E-state index in [4.69, 9.17) is 9.84 Å². The molecule has 0 bridgehead atoms. The minimum atomic E-state index is -0.987. The molecule has 1 fully saturated rings. The largest absolute Gasteiger partial charge is 0.447 e. The van der Waals surface area contributed by atoms with Crippen LogP contribution in [0.3, 0.4) is 0 Å². The van der Waals surface area contributed by atoms with Crippen LogP contribution in [0.15, 0.2) is 90.0 Å². The summed E-state index contributed by atoms with van der Waals surface area (Å²) in [4.78, 5) is 14.8. The summed E-state index contributed by atoms with van der Waals surface area (Å²) in [6, 6.07) is 28.1. The van der Waals surface area contributed by atoms with Crippen LogP contribution in [0.25, 0.3) is 0 Å². The Labute approximate surface area is 179 Å². The monoisotopic (exact) mass is 413 g/mol. The van der Waals surface area contributed by atoms with E-state index >= 15 is 0 Å². The molecule has 1 amide bonds. The van der Waals surface area contributed by atoms with Crippen molar-refractivity contribution in [1.82, 2.24) is 5.01 Å². The highest BCUT2D eigenvalue weighted by Gasteiger charge is 2.60. The van der Waals surface area contributed by atoms with Crippen molar-refractivity contribution in [3.05, 3.63) is 96.1 Å². The van der Waals surface area contributed by atoms with Crippen LogP contribution in [0.5, 0.6) is 5.75 Å². The van der Waals surface area contributed by atoms with Gasteiger partial charge in [0.25, 0.3) is 11.1 Å². The normalized spacial score (nSPS) is 24.5. The van der Waals surface area contributed by atoms with Gasteiger partial charge in [0, 0.05) is 12.0 Å². The molecule has 0 aromatic heterocycles. The minimum absolute atomic E-state index is 0.0165. The molecule has 6 heteroatoms. The van der Waals surface area contributed by atoms with E-state index in [0.717, 1.165) is 34.7 Å². The van der Waals surface area contributed by atoms with E-state index in [1.165, 1.54) is 11.8 Å². The number of hydrazone groups is 1. The number of amides is 1. The molecule has 3 aromatic carbocycles. The van der Waals surface area contributed by atoms with E-state index < -0.39 is 5.85 Å². The van der Waals surface area contributed by atoms with Gasteiger partial charge >= 0.3 is 0 Å². The zero-order valence-electron chi connectivity index (χ0n) is 16.1. The highest BCUT2D eigenvalue weighted by atomic mass is 32.2. The Hall–Kier alpha value is -3.25. The molecule has 0 aliphatic carbocycles. The third kappa shape index (κ3) is 2.50. The van der Waals surface area contributed by atoms with Gasteiger partial charge in [0.15, 0.2) is 0 Å². The maximum Gasteiger partial charge on any atom is 0.296 e. The van der Waals surface area contributed by atoms with Crippen molar-refractivity contribution in [1.29, 1.82) is 0 Å². The van der Waals surface area contributed by atoms with E-state index in [1.807, 2.05) is 71.7 Å². The second-order valence-electron chi connectivity index (χ2n) is 7.59. The van der Waals surface area contributed by atoms with Crippen molar-refractivity contribution < 1.29 is 9.53 Å². The fraction of sp³-hybridized carbons (Fsp3) is 0.167. The molecule has 1 spiro atoms. The molecule has 2 unspecified atom stereocenters. The number of fused-ring (bicyclic) bond motifs is 4. The van der Waals surface area contributed by atoms with Crippen molar-refractivity contribution in [2.45, 2.75) is 18.3 Å². The van der Waals surface area contributed by atoms with E-state index in [0.29, 0.717) is 5.75 Å². The molecule has 6 rings (SSSR count). The third-order valence-corrected chi connectivity index (χ3v) is 6.81. The standard InChI is InChI=1S/C24H19N3O2S/c28-23-26(18-11-5-2-6-12-18)24(16-30-23)27-21(19-13-7-8-14-22(19)29-24)15-20(25-27)17-9-3-1-4-10-17/h1-14,21H,15-16H2. The first kappa shape index (κ1) is 17.6. The lowest BCUT2D eigenvalue weighted by atomic mass is 9.96. The number of thioether (sulfide) groups is 1. The average Bonchev–Trinajstić information content (AvgIpc) is 3.38. The predicted molar refractivity (Wildman–Crippen MR) is 119 cm³/mol. The van der Waals surface area contributed by atoms with Gasteiger partial charge in [0.1, 0.15) is 5.75 Å². The van der Waals surface area contributed by atoms with Crippen molar-refractivity contribution in [3.8, 4) is 5.75 Å². The Morgan fingerprint density at radius 1 is 0.933 bits per heavy atom. The number of nitrogens with zero attached hydrogens (tertiary/aromatic N) is 3. The molecule has 3 aromatic rings. The number of para-hydroxylation sites is 2. The number of hydrogen-bond donors (Lipinski definition) is 0. The molecule has 0 saturated carbocycles. The fourth-order valence-electron chi connectivity index (χ4n) is 4.51.